The first-order chi connectivity index (χ1) is 7.24. The van der Waals surface area contributed by atoms with Gasteiger partial charge in [0.15, 0.2) is 0 Å². The van der Waals surface area contributed by atoms with Gasteiger partial charge in [-0.3, -0.25) is 9.88 Å². The molecule has 0 saturated carbocycles. The highest BCUT2D eigenvalue weighted by Crippen LogP contribution is 2.12. The van der Waals surface area contributed by atoms with Crippen LogP contribution in [-0.2, 0) is 6.54 Å². The summed E-state index contributed by atoms with van der Waals surface area (Å²) >= 11 is 0. The summed E-state index contributed by atoms with van der Waals surface area (Å²) in [6.07, 6.45) is 6.24. The maximum atomic E-state index is 5.95. The minimum atomic E-state index is 0.358. The first-order valence-corrected chi connectivity index (χ1v) is 5.62. The lowest BCUT2D eigenvalue weighted by molar-refractivity contribution is 0.201. The van der Waals surface area contributed by atoms with E-state index < -0.39 is 0 Å². The summed E-state index contributed by atoms with van der Waals surface area (Å²) < 4.78 is 0. The summed E-state index contributed by atoms with van der Waals surface area (Å²) in [5.74, 6) is 0. The molecule has 2 N–H and O–H groups in total. The quantitative estimate of drug-likeness (QED) is 0.791. The molecule has 2 heterocycles. The van der Waals surface area contributed by atoms with Crippen molar-refractivity contribution in [3.05, 3.63) is 29.6 Å². The van der Waals surface area contributed by atoms with Crippen molar-refractivity contribution in [3.8, 4) is 0 Å². The maximum absolute atomic E-state index is 5.95. The molecule has 1 saturated heterocycles. The van der Waals surface area contributed by atoms with E-state index in [-0.39, 0.29) is 0 Å². The van der Waals surface area contributed by atoms with Crippen molar-refractivity contribution in [1.29, 1.82) is 0 Å². The van der Waals surface area contributed by atoms with Crippen molar-refractivity contribution in [2.45, 2.75) is 32.4 Å². The number of pyridine rings is 1. The highest BCUT2D eigenvalue weighted by molar-refractivity contribution is 5.16. The van der Waals surface area contributed by atoms with Crippen LogP contribution in [0.25, 0.3) is 0 Å². The van der Waals surface area contributed by atoms with Gasteiger partial charge in [0.2, 0.25) is 0 Å². The van der Waals surface area contributed by atoms with E-state index in [1.165, 1.54) is 30.5 Å². The maximum Gasteiger partial charge on any atom is 0.0313 e. The molecule has 1 aliphatic rings. The lowest BCUT2D eigenvalue weighted by Crippen LogP contribution is -2.42. The molecule has 0 unspecified atom stereocenters. The highest BCUT2D eigenvalue weighted by atomic mass is 15.1. The van der Waals surface area contributed by atoms with E-state index in [0.29, 0.717) is 6.04 Å². The zero-order valence-electron chi connectivity index (χ0n) is 9.32. The Kier molecular flexibility index (Phi) is 3.34. The van der Waals surface area contributed by atoms with Gasteiger partial charge in [-0.25, -0.2) is 0 Å². The van der Waals surface area contributed by atoms with Gasteiger partial charge in [0, 0.05) is 31.5 Å². The highest BCUT2D eigenvalue weighted by Gasteiger charge is 2.16. The van der Waals surface area contributed by atoms with Crippen LogP contribution in [0.2, 0.25) is 0 Å². The normalized spacial score (nSPS) is 22.9. The van der Waals surface area contributed by atoms with Crippen LogP contribution in [-0.4, -0.2) is 29.0 Å². The van der Waals surface area contributed by atoms with E-state index in [4.69, 9.17) is 5.73 Å². The first-order valence-electron chi connectivity index (χ1n) is 5.62. The third-order valence-electron chi connectivity index (χ3n) is 2.88. The molecule has 3 heteroatoms. The number of nitrogens with two attached hydrogens (primary N) is 1. The summed E-state index contributed by atoms with van der Waals surface area (Å²) in [5.41, 5.74) is 8.48. The second-order valence-electron chi connectivity index (χ2n) is 4.51. The molecule has 0 radical (unpaired) electrons. The van der Waals surface area contributed by atoms with E-state index >= 15 is 0 Å². The standard InChI is InChI=1S/C12H19N3/c1-10-5-11(7-14-6-10)8-15-4-2-3-12(13)9-15/h5-7,12H,2-4,8-9,13H2,1H3/t12-/m1/s1. The van der Waals surface area contributed by atoms with Gasteiger partial charge in [0.25, 0.3) is 0 Å². The van der Waals surface area contributed by atoms with Crippen LogP contribution in [0.3, 0.4) is 0 Å². The van der Waals surface area contributed by atoms with Gasteiger partial charge in [0.05, 0.1) is 0 Å². The smallest absolute Gasteiger partial charge is 0.0313 e. The third-order valence-corrected chi connectivity index (χ3v) is 2.88. The summed E-state index contributed by atoms with van der Waals surface area (Å²) in [4.78, 5) is 6.63. The molecule has 1 atom stereocenters. The molecule has 3 nitrogen and oxygen atoms in total. The molecule has 0 aromatic carbocycles. The van der Waals surface area contributed by atoms with Crippen LogP contribution < -0.4 is 5.73 Å². The third kappa shape index (κ3) is 3.01. The number of aromatic nitrogens is 1. The van der Waals surface area contributed by atoms with Gasteiger partial charge in [-0.05, 0) is 37.4 Å². The Morgan fingerprint density at radius 1 is 1.53 bits per heavy atom. The lowest BCUT2D eigenvalue weighted by atomic mass is 10.1. The van der Waals surface area contributed by atoms with Crippen molar-refractivity contribution in [2.24, 2.45) is 5.73 Å². The minimum Gasteiger partial charge on any atom is -0.327 e. The van der Waals surface area contributed by atoms with Crippen molar-refractivity contribution in [2.75, 3.05) is 13.1 Å². The number of rotatable bonds is 2. The molecule has 15 heavy (non-hydrogen) atoms. The first kappa shape index (κ1) is 10.6. The van der Waals surface area contributed by atoms with Gasteiger partial charge >= 0.3 is 0 Å². The zero-order chi connectivity index (χ0) is 10.7. The Bertz CT molecular complexity index is 324. The molecule has 0 spiro atoms. The van der Waals surface area contributed by atoms with Crippen LogP contribution in [0.4, 0.5) is 0 Å². The average Bonchev–Trinajstić information content (AvgIpc) is 2.17. The van der Waals surface area contributed by atoms with E-state index in [1.54, 1.807) is 0 Å². The van der Waals surface area contributed by atoms with Crippen LogP contribution >= 0.6 is 0 Å². The van der Waals surface area contributed by atoms with Gasteiger partial charge in [-0.2, -0.15) is 0 Å². The Morgan fingerprint density at radius 2 is 2.40 bits per heavy atom. The Labute approximate surface area is 91.3 Å². The van der Waals surface area contributed by atoms with E-state index in [9.17, 15) is 0 Å². The summed E-state index contributed by atoms with van der Waals surface area (Å²) in [6, 6.07) is 2.56. The molecule has 0 aliphatic carbocycles. The number of likely N-dealkylation sites (tertiary alicyclic amines) is 1. The number of nitrogens with zero attached hydrogens (tertiary/aromatic N) is 2. The van der Waals surface area contributed by atoms with Gasteiger partial charge < -0.3 is 5.73 Å². The Hall–Kier alpha value is -0.930. The van der Waals surface area contributed by atoms with Crippen molar-refractivity contribution < 1.29 is 0 Å². The second-order valence-corrected chi connectivity index (χ2v) is 4.51. The van der Waals surface area contributed by atoms with Gasteiger partial charge in [0.1, 0.15) is 0 Å². The van der Waals surface area contributed by atoms with Crippen LogP contribution in [0.15, 0.2) is 18.5 Å². The van der Waals surface area contributed by atoms with E-state index in [2.05, 4.69) is 22.9 Å². The average molecular weight is 205 g/mol. The number of aryl methyl sites for hydroxylation is 1. The van der Waals surface area contributed by atoms with Crippen LogP contribution in [0, 0.1) is 6.92 Å². The Morgan fingerprint density at radius 3 is 3.13 bits per heavy atom. The molecule has 1 aromatic heterocycles. The van der Waals surface area contributed by atoms with Crippen LogP contribution in [0.5, 0.6) is 0 Å². The van der Waals surface area contributed by atoms with Crippen molar-refractivity contribution in [1.82, 2.24) is 9.88 Å². The predicted octanol–water partition coefficient (Wildman–Crippen LogP) is 1.31. The molecular weight excluding hydrogens is 186 g/mol. The zero-order valence-corrected chi connectivity index (χ0v) is 9.32. The second kappa shape index (κ2) is 4.73. The molecule has 0 bridgehead atoms. The number of piperidine rings is 1. The molecule has 2 rings (SSSR count). The fraction of sp³-hybridized carbons (Fsp3) is 0.583. The molecule has 0 amide bonds. The fourth-order valence-corrected chi connectivity index (χ4v) is 2.20. The SMILES string of the molecule is Cc1cncc(CN2CCC[C@@H](N)C2)c1. The van der Waals surface area contributed by atoms with E-state index in [0.717, 1.165) is 13.1 Å². The van der Waals surface area contributed by atoms with Crippen molar-refractivity contribution >= 4 is 0 Å². The molecule has 1 fully saturated rings. The van der Waals surface area contributed by atoms with Gasteiger partial charge in [-0.1, -0.05) is 6.07 Å². The number of hydrogen-bond acceptors (Lipinski definition) is 3. The summed E-state index contributed by atoms with van der Waals surface area (Å²) in [6.45, 7) is 5.26. The molecule has 1 aliphatic heterocycles. The number of hydrogen-bond donors (Lipinski definition) is 1. The van der Waals surface area contributed by atoms with Crippen molar-refractivity contribution in [3.63, 3.8) is 0 Å². The van der Waals surface area contributed by atoms with Crippen LogP contribution in [0.1, 0.15) is 24.0 Å². The predicted molar refractivity (Wildman–Crippen MR) is 61.5 cm³/mol. The molecule has 82 valence electrons. The van der Waals surface area contributed by atoms with E-state index in [1.807, 2.05) is 12.4 Å². The Balaban J connectivity index is 1.96. The monoisotopic (exact) mass is 205 g/mol. The van der Waals surface area contributed by atoms with Gasteiger partial charge in [-0.15, -0.1) is 0 Å². The fourth-order valence-electron chi connectivity index (χ4n) is 2.20. The molecular formula is C12H19N3. The largest absolute Gasteiger partial charge is 0.327 e. The minimum absolute atomic E-state index is 0.358. The topological polar surface area (TPSA) is 42.2 Å². The lowest BCUT2D eigenvalue weighted by Gasteiger charge is -2.30. The molecule has 1 aromatic rings. The summed E-state index contributed by atoms with van der Waals surface area (Å²) in [7, 11) is 0. The summed E-state index contributed by atoms with van der Waals surface area (Å²) in [5, 5.41) is 0.